The average Bonchev–Trinajstić information content (AvgIpc) is 3.01. The van der Waals surface area contributed by atoms with Crippen LogP contribution in [0.15, 0.2) is 28.8 Å². The molecule has 1 aromatic carbocycles. The van der Waals surface area contributed by atoms with Gasteiger partial charge in [0.25, 0.3) is 5.91 Å². The van der Waals surface area contributed by atoms with Crippen LogP contribution in [-0.4, -0.2) is 53.6 Å². The van der Waals surface area contributed by atoms with Crippen LogP contribution in [0.3, 0.4) is 0 Å². The third-order valence-corrected chi connectivity index (χ3v) is 4.70. The van der Waals surface area contributed by atoms with Crippen LogP contribution in [0.4, 0.5) is 0 Å². The van der Waals surface area contributed by atoms with E-state index in [4.69, 9.17) is 20.9 Å². The zero-order valence-electron chi connectivity index (χ0n) is 14.5. The number of amides is 1. The van der Waals surface area contributed by atoms with Crippen molar-refractivity contribution in [3.63, 3.8) is 0 Å². The Hall–Kier alpha value is -2.05. The molecule has 0 atom stereocenters. The highest BCUT2D eigenvalue weighted by molar-refractivity contribution is 6.31. The molecule has 1 amide bonds. The molecule has 0 N–H and O–H groups in total. The first-order valence-electron chi connectivity index (χ1n) is 8.32. The average molecular weight is 364 g/mol. The minimum absolute atomic E-state index is 0.00256. The fraction of sp³-hybridized carbons (Fsp3) is 0.444. The first kappa shape index (κ1) is 17.8. The number of rotatable bonds is 5. The van der Waals surface area contributed by atoms with E-state index in [0.717, 1.165) is 36.7 Å². The van der Waals surface area contributed by atoms with Gasteiger partial charge >= 0.3 is 0 Å². The van der Waals surface area contributed by atoms with Gasteiger partial charge in [0, 0.05) is 37.3 Å². The van der Waals surface area contributed by atoms with Crippen molar-refractivity contribution in [2.24, 2.45) is 0 Å². The van der Waals surface area contributed by atoms with Gasteiger partial charge in [0.05, 0.1) is 12.2 Å². The highest BCUT2D eigenvalue weighted by atomic mass is 35.5. The van der Waals surface area contributed by atoms with Gasteiger partial charge in [0.2, 0.25) is 0 Å². The summed E-state index contributed by atoms with van der Waals surface area (Å²) in [5.41, 5.74) is 1.82. The maximum absolute atomic E-state index is 12.3. The minimum Gasteiger partial charge on any atom is -0.484 e. The van der Waals surface area contributed by atoms with Gasteiger partial charge < -0.3 is 14.2 Å². The zero-order valence-corrected chi connectivity index (χ0v) is 15.3. The number of carbonyl (C=O) groups excluding carboxylic acids is 1. The molecule has 2 heterocycles. The van der Waals surface area contributed by atoms with Gasteiger partial charge in [-0.3, -0.25) is 9.69 Å². The lowest BCUT2D eigenvalue weighted by molar-refractivity contribution is -0.135. The lowest BCUT2D eigenvalue weighted by atomic mass is 10.2. The standard InChI is InChI=1S/C18H22ClN3O3/c1-13-9-15(3-4-17(13)19)24-12-18(23)22-7-5-21(6-8-22)11-16-10-14(2)20-25-16/h3-4,9-10H,5-8,11-12H2,1-2H3. The van der Waals surface area contributed by atoms with E-state index in [-0.39, 0.29) is 12.5 Å². The summed E-state index contributed by atoms with van der Waals surface area (Å²) in [5, 5.41) is 4.59. The Morgan fingerprint density at radius 3 is 2.64 bits per heavy atom. The molecular formula is C18H22ClN3O3. The number of hydrogen-bond donors (Lipinski definition) is 0. The van der Waals surface area contributed by atoms with Crippen molar-refractivity contribution < 1.29 is 14.1 Å². The first-order chi connectivity index (χ1) is 12.0. The fourth-order valence-corrected chi connectivity index (χ4v) is 2.93. The number of carbonyl (C=O) groups is 1. The molecule has 1 aliphatic rings. The van der Waals surface area contributed by atoms with E-state index in [1.54, 1.807) is 12.1 Å². The number of aromatic nitrogens is 1. The van der Waals surface area contributed by atoms with Crippen molar-refractivity contribution in [3.05, 3.63) is 46.3 Å². The van der Waals surface area contributed by atoms with Crippen molar-refractivity contribution in [2.75, 3.05) is 32.8 Å². The maximum atomic E-state index is 12.3. The molecule has 0 bridgehead atoms. The lowest BCUT2D eigenvalue weighted by Gasteiger charge is -2.34. The summed E-state index contributed by atoms with van der Waals surface area (Å²) < 4.78 is 10.8. The van der Waals surface area contributed by atoms with Gasteiger partial charge in [0.15, 0.2) is 12.4 Å². The van der Waals surface area contributed by atoms with Crippen LogP contribution in [0.25, 0.3) is 0 Å². The molecule has 6 nitrogen and oxygen atoms in total. The summed E-state index contributed by atoms with van der Waals surface area (Å²) >= 11 is 5.99. The highest BCUT2D eigenvalue weighted by Crippen LogP contribution is 2.21. The number of benzene rings is 1. The second-order valence-electron chi connectivity index (χ2n) is 6.29. The Labute approximate surface area is 152 Å². The molecule has 25 heavy (non-hydrogen) atoms. The Kier molecular flexibility index (Phi) is 5.60. The van der Waals surface area contributed by atoms with E-state index in [1.807, 2.05) is 30.9 Å². The van der Waals surface area contributed by atoms with E-state index in [9.17, 15) is 4.79 Å². The second-order valence-corrected chi connectivity index (χ2v) is 6.70. The van der Waals surface area contributed by atoms with E-state index < -0.39 is 0 Å². The number of piperazine rings is 1. The molecular weight excluding hydrogens is 342 g/mol. The third kappa shape index (κ3) is 4.74. The Morgan fingerprint density at radius 2 is 2.00 bits per heavy atom. The molecule has 1 saturated heterocycles. The SMILES string of the molecule is Cc1cc(CN2CCN(C(=O)COc3ccc(Cl)c(C)c3)CC2)on1. The summed E-state index contributed by atoms with van der Waals surface area (Å²) in [7, 11) is 0. The van der Waals surface area contributed by atoms with Gasteiger partial charge in [-0.25, -0.2) is 0 Å². The summed E-state index contributed by atoms with van der Waals surface area (Å²) in [6, 6.07) is 7.34. The van der Waals surface area contributed by atoms with Gasteiger partial charge in [-0.2, -0.15) is 0 Å². The third-order valence-electron chi connectivity index (χ3n) is 4.27. The molecule has 1 fully saturated rings. The number of halogens is 1. The highest BCUT2D eigenvalue weighted by Gasteiger charge is 2.22. The Balaban J connectivity index is 1.44. The topological polar surface area (TPSA) is 58.8 Å². The quantitative estimate of drug-likeness (QED) is 0.817. The Morgan fingerprint density at radius 1 is 1.24 bits per heavy atom. The molecule has 2 aromatic rings. The maximum Gasteiger partial charge on any atom is 0.260 e. The van der Waals surface area contributed by atoms with E-state index >= 15 is 0 Å². The van der Waals surface area contributed by atoms with Crippen molar-refractivity contribution in [2.45, 2.75) is 20.4 Å². The zero-order chi connectivity index (χ0) is 17.8. The van der Waals surface area contributed by atoms with Crippen LogP contribution in [0, 0.1) is 13.8 Å². The normalized spacial score (nSPS) is 15.4. The fourth-order valence-electron chi connectivity index (χ4n) is 2.81. The predicted molar refractivity (Wildman–Crippen MR) is 94.8 cm³/mol. The molecule has 1 aliphatic heterocycles. The molecule has 134 valence electrons. The molecule has 0 aliphatic carbocycles. The van der Waals surface area contributed by atoms with Crippen molar-refractivity contribution in [1.29, 1.82) is 0 Å². The number of nitrogens with zero attached hydrogens (tertiary/aromatic N) is 3. The van der Waals surface area contributed by atoms with Crippen LogP contribution in [0.1, 0.15) is 17.0 Å². The largest absolute Gasteiger partial charge is 0.484 e. The van der Waals surface area contributed by atoms with Gasteiger partial charge in [-0.05, 0) is 37.6 Å². The molecule has 0 saturated carbocycles. The molecule has 0 radical (unpaired) electrons. The molecule has 0 spiro atoms. The molecule has 7 heteroatoms. The number of hydrogen-bond acceptors (Lipinski definition) is 5. The van der Waals surface area contributed by atoms with Crippen LogP contribution >= 0.6 is 11.6 Å². The Bertz CT molecular complexity index is 739. The number of ether oxygens (including phenoxy) is 1. The van der Waals surface area contributed by atoms with Crippen LogP contribution in [0.5, 0.6) is 5.75 Å². The first-order valence-corrected chi connectivity index (χ1v) is 8.70. The van der Waals surface area contributed by atoms with E-state index in [0.29, 0.717) is 23.9 Å². The summed E-state index contributed by atoms with van der Waals surface area (Å²) in [4.78, 5) is 16.4. The van der Waals surface area contributed by atoms with Crippen molar-refractivity contribution in [3.8, 4) is 5.75 Å². The molecule has 1 aromatic heterocycles. The predicted octanol–water partition coefficient (Wildman–Crippen LogP) is 2.67. The monoisotopic (exact) mass is 363 g/mol. The van der Waals surface area contributed by atoms with Crippen molar-refractivity contribution in [1.82, 2.24) is 15.0 Å². The summed E-state index contributed by atoms with van der Waals surface area (Å²) in [6.45, 7) is 7.59. The second kappa shape index (κ2) is 7.89. The molecule has 0 unspecified atom stereocenters. The smallest absolute Gasteiger partial charge is 0.260 e. The lowest BCUT2D eigenvalue weighted by Crippen LogP contribution is -2.49. The molecule has 3 rings (SSSR count). The van der Waals surface area contributed by atoms with Crippen LogP contribution in [0.2, 0.25) is 5.02 Å². The van der Waals surface area contributed by atoms with Crippen LogP contribution < -0.4 is 4.74 Å². The van der Waals surface area contributed by atoms with Crippen molar-refractivity contribution >= 4 is 17.5 Å². The van der Waals surface area contributed by atoms with E-state index in [1.165, 1.54) is 0 Å². The van der Waals surface area contributed by atoms with E-state index in [2.05, 4.69) is 10.1 Å². The van der Waals surface area contributed by atoms with Gasteiger partial charge in [-0.15, -0.1) is 0 Å². The van der Waals surface area contributed by atoms with Gasteiger partial charge in [-0.1, -0.05) is 16.8 Å². The number of aryl methyl sites for hydroxylation is 2. The van der Waals surface area contributed by atoms with Crippen LogP contribution in [-0.2, 0) is 11.3 Å². The summed E-state index contributed by atoms with van der Waals surface area (Å²) in [5.74, 6) is 1.52. The minimum atomic E-state index is 0.00256. The summed E-state index contributed by atoms with van der Waals surface area (Å²) in [6.07, 6.45) is 0. The van der Waals surface area contributed by atoms with Gasteiger partial charge in [0.1, 0.15) is 5.75 Å².